The fraction of sp³-hybridized carbons (Fsp3) is 0.471. The van der Waals surface area contributed by atoms with Crippen molar-refractivity contribution in [3.8, 4) is 6.07 Å². The van der Waals surface area contributed by atoms with Gasteiger partial charge in [0, 0.05) is 25.4 Å². The largest absolute Gasteiger partial charge is 0.465 e. The number of carbonyl (C=O) groups excluding carboxylic acids is 1. The van der Waals surface area contributed by atoms with E-state index in [9.17, 15) is 4.79 Å². The summed E-state index contributed by atoms with van der Waals surface area (Å²) in [5, 5.41) is 12.5. The fourth-order valence-electron chi connectivity index (χ4n) is 2.50. The quantitative estimate of drug-likeness (QED) is 0.626. The number of esters is 1. The Morgan fingerprint density at radius 2 is 2.25 bits per heavy atom. The molecule has 0 amide bonds. The predicted octanol–water partition coefficient (Wildman–Crippen LogP) is 2.56. The number of anilines is 1. The molecule has 0 aliphatic carbocycles. The summed E-state index contributed by atoms with van der Waals surface area (Å²) in [4.78, 5) is 13.4. The van der Waals surface area contributed by atoms with Crippen molar-refractivity contribution in [3.63, 3.8) is 0 Å². The minimum absolute atomic E-state index is 0.158. The molecule has 1 fully saturated rings. The summed E-state index contributed by atoms with van der Waals surface area (Å²) < 4.78 is 10.3. The van der Waals surface area contributed by atoms with Crippen molar-refractivity contribution >= 4 is 29.0 Å². The van der Waals surface area contributed by atoms with Crippen molar-refractivity contribution in [2.45, 2.75) is 25.4 Å². The summed E-state index contributed by atoms with van der Waals surface area (Å²) in [5.74, 6) is -0.377. The zero-order valence-corrected chi connectivity index (χ0v) is 14.5. The highest BCUT2D eigenvalue weighted by atomic mass is 32.1. The van der Waals surface area contributed by atoms with E-state index in [1.165, 1.54) is 7.11 Å². The van der Waals surface area contributed by atoms with E-state index in [1.54, 1.807) is 24.3 Å². The van der Waals surface area contributed by atoms with E-state index in [0.717, 1.165) is 25.1 Å². The molecule has 1 aromatic carbocycles. The Morgan fingerprint density at radius 1 is 1.50 bits per heavy atom. The van der Waals surface area contributed by atoms with Crippen LogP contribution in [0, 0.1) is 11.3 Å². The maximum absolute atomic E-state index is 11.4. The minimum atomic E-state index is -0.377. The molecule has 1 N–H and O–H groups in total. The monoisotopic (exact) mass is 347 g/mol. The molecule has 24 heavy (non-hydrogen) atoms. The number of carbonyl (C=O) groups is 1. The molecule has 1 aromatic rings. The Labute approximate surface area is 147 Å². The Balaban J connectivity index is 1.97. The van der Waals surface area contributed by atoms with Crippen LogP contribution in [0.3, 0.4) is 0 Å². The second kappa shape index (κ2) is 9.21. The Hall–Kier alpha value is -2.17. The van der Waals surface area contributed by atoms with Crippen LogP contribution in [0.4, 0.5) is 5.69 Å². The second-order valence-corrected chi connectivity index (χ2v) is 5.87. The van der Waals surface area contributed by atoms with Crippen molar-refractivity contribution < 1.29 is 14.3 Å². The maximum Gasteiger partial charge on any atom is 0.337 e. The topological polar surface area (TPSA) is 74.6 Å². The normalized spacial score (nSPS) is 16.2. The molecule has 0 unspecified atom stereocenters. The Morgan fingerprint density at radius 3 is 2.83 bits per heavy atom. The zero-order valence-electron chi connectivity index (χ0n) is 13.7. The van der Waals surface area contributed by atoms with Crippen LogP contribution < -0.4 is 5.32 Å². The van der Waals surface area contributed by atoms with Gasteiger partial charge in [0.1, 0.15) is 0 Å². The molecule has 1 heterocycles. The molecule has 0 radical (unpaired) electrons. The number of hydrogen-bond acceptors (Lipinski definition) is 5. The van der Waals surface area contributed by atoms with Gasteiger partial charge in [0.2, 0.25) is 0 Å². The summed E-state index contributed by atoms with van der Waals surface area (Å²) in [6.07, 6.45) is 2.63. The third-order valence-corrected chi connectivity index (χ3v) is 4.15. The summed E-state index contributed by atoms with van der Waals surface area (Å²) in [6, 6.07) is 9.04. The van der Waals surface area contributed by atoms with Crippen molar-refractivity contribution in [2.75, 3.05) is 32.1 Å². The van der Waals surface area contributed by atoms with E-state index in [2.05, 4.69) is 16.1 Å². The number of ether oxygens (including phenoxy) is 2. The first-order valence-electron chi connectivity index (χ1n) is 7.87. The number of thiocarbonyl (C=S) groups is 1. The number of hydrogen-bond donors (Lipinski definition) is 1. The average molecular weight is 347 g/mol. The number of rotatable bonds is 6. The van der Waals surface area contributed by atoms with Gasteiger partial charge in [-0.3, -0.25) is 0 Å². The molecule has 0 bridgehead atoms. The van der Waals surface area contributed by atoms with Gasteiger partial charge in [-0.15, -0.1) is 0 Å². The summed E-state index contributed by atoms with van der Waals surface area (Å²) in [6.45, 7) is 2.02. The molecule has 0 saturated carbocycles. The van der Waals surface area contributed by atoms with Gasteiger partial charge in [0.05, 0.1) is 31.3 Å². The standard InChI is InChI=1S/C17H21N3O3S/c1-22-16(21)13-5-7-14(8-6-13)19-17(24)20(10-3-9-18)12-15-4-2-11-23-15/h5-8,15H,2-4,10-12H2,1H3,(H,19,24)/t15-/m0/s1. The molecule has 1 saturated heterocycles. The summed E-state index contributed by atoms with van der Waals surface area (Å²) in [5.41, 5.74) is 1.26. The van der Waals surface area contributed by atoms with Gasteiger partial charge in [-0.1, -0.05) is 0 Å². The molecule has 0 spiro atoms. The number of nitrogens with zero attached hydrogens (tertiary/aromatic N) is 2. The smallest absolute Gasteiger partial charge is 0.337 e. The van der Waals surface area contributed by atoms with Gasteiger partial charge in [0.25, 0.3) is 0 Å². The van der Waals surface area contributed by atoms with Crippen molar-refractivity contribution in [1.82, 2.24) is 4.90 Å². The molecule has 2 rings (SSSR count). The van der Waals surface area contributed by atoms with Crippen molar-refractivity contribution in [2.24, 2.45) is 0 Å². The summed E-state index contributed by atoms with van der Waals surface area (Å²) in [7, 11) is 1.35. The van der Waals surface area contributed by atoms with Gasteiger partial charge < -0.3 is 19.7 Å². The number of benzene rings is 1. The lowest BCUT2D eigenvalue weighted by molar-refractivity contribution is 0.0600. The highest BCUT2D eigenvalue weighted by Gasteiger charge is 2.20. The first-order valence-corrected chi connectivity index (χ1v) is 8.27. The maximum atomic E-state index is 11.4. The minimum Gasteiger partial charge on any atom is -0.465 e. The van der Waals surface area contributed by atoms with Gasteiger partial charge in [-0.2, -0.15) is 5.26 Å². The van der Waals surface area contributed by atoms with E-state index in [-0.39, 0.29) is 12.1 Å². The van der Waals surface area contributed by atoms with Crippen LogP contribution in [0.1, 0.15) is 29.6 Å². The number of methoxy groups -OCH3 is 1. The van der Waals surface area contributed by atoms with Gasteiger partial charge in [-0.05, 0) is 49.3 Å². The van der Waals surface area contributed by atoms with E-state index < -0.39 is 0 Å². The molecule has 1 atom stereocenters. The first kappa shape index (κ1) is 18.2. The zero-order chi connectivity index (χ0) is 17.4. The SMILES string of the molecule is COC(=O)c1ccc(NC(=S)N(CCC#N)C[C@@H]2CCCO2)cc1. The second-order valence-electron chi connectivity index (χ2n) is 5.49. The van der Waals surface area contributed by atoms with E-state index in [4.69, 9.17) is 22.2 Å². The third-order valence-electron chi connectivity index (χ3n) is 3.79. The van der Waals surface area contributed by atoms with E-state index in [1.807, 2.05) is 4.90 Å². The van der Waals surface area contributed by atoms with Crippen molar-refractivity contribution in [1.29, 1.82) is 5.26 Å². The molecule has 7 heteroatoms. The molecule has 1 aliphatic heterocycles. The highest BCUT2D eigenvalue weighted by molar-refractivity contribution is 7.80. The number of nitrogens with one attached hydrogen (secondary N) is 1. The van der Waals surface area contributed by atoms with E-state index >= 15 is 0 Å². The number of nitriles is 1. The van der Waals surface area contributed by atoms with Gasteiger partial charge in [0.15, 0.2) is 5.11 Å². The van der Waals surface area contributed by atoms with Crippen LogP contribution >= 0.6 is 12.2 Å². The Kier molecular flexibility index (Phi) is 6.97. The molecular formula is C17H21N3O3S. The predicted molar refractivity (Wildman–Crippen MR) is 94.8 cm³/mol. The Bertz CT molecular complexity index is 607. The van der Waals surface area contributed by atoms with Gasteiger partial charge in [-0.25, -0.2) is 4.79 Å². The lowest BCUT2D eigenvalue weighted by Gasteiger charge is -2.27. The first-order chi connectivity index (χ1) is 11.6. The van der Waals surface area contributed by atoms with Crippen LogP contribution in [0.25, 0.3) is 0 Å². The molecule has 6 nitrogen and oxygen atoms in total. The molecule has 128 valence electrons. The van der Waals surface area contributed by atoms with Gasteiger partial charge >= 0.3 is 5.97 Å². The molecule has 0 aromatic heterocycles. The third kappa shape index (κ3) is 5.18. The van der Waals surface area contributed by atoms with Crippen LogP contribution in [-0.4, -0.2) is 48.9 Å². The van der Waals surface area contributed by atoms with E-state index in [0.29, 0.717) is 30.2 Å². The van der Waals surface area contributed by atoms with Crippen LogP contribution in [-0.2, 0) is 9.47 Å². The van der Waals surface area contributed by atoms with Crippen LogP contribution in [0.15, 0.2) is 24.3 Å². The highest BCUT2D eigenvalue weighted by Crippen LogP contribution is 2.16. The van der Waals surface area contributed by atoms with Crippen LogP contribution in [0.5, 0.6) is 0 Å². The molecule has 1 aliphatic rings. The van der Waals surface area contributed by atoms with Crippen molar-refractivity contribution in [3.05, 3.63) is 29.8 Å². The van der Waals surface area contributed by atoms with Crippen LogP contribution in [0.2, 0.25) is 0 Å². The summed E-state index contributed by atoms with van der Waals surface area (Å²) >= 11 is 5.47. The molecular weight excluding hydrogens is 326 g/mol. The average Bonchev–Trinajstić information content (AvgIpc) is 3.11. The lowest BCUT2D eigenvalue weighted by atomic mass is 10.2. The lowest BCUT2D eigenvalue weighted by Crippen LogP contribution is -2.40. The fourth-order valence-corrected chi connectivity index (χ4v) is 2.79.